The molecule has 0 spiro atoms. The van der Waals surface area contributed by atoms with Crippen molar-refractivity contribution < 1.29 is 4.42 Å². The second kappa shape index (κ2) is 5.94. The Balaban J connectivity index is 1.81. The summed E-state index contributed by atoms with van der Waals surface area (Å²) in [6.07, 6.45) is 1.70. The minimum Gasteiger partial charge on any atom is -0.468 e. The average molecular weight is 247 g/mol. The molecular weight excluding hydrogens is 230 g/mol. The largest absolute Gasteiger partial charge is 0.468 e. The maximum atomic E-state index is 6.13. The van der Waals surface area contributed by atoms with Gasteiger partial charge in [0.2, 0.25) is 0 Å². The number of benzene rings is 1. The summed E-state index contributed by atoms with van der Waals surface area (Å²) >= 11 is 1.80. The Bertz CT molecular complexity index is 436. The normalized spacial score (nSPS) is 12.6. The molecule has 2 N–H and O–H groups in total. The molecule has 0 saturated heterocycles. The van der Waals surface area contributed by atoms with Crippen molar-refractivity contribution in [1.29, 1.82) is 0 Å². The van der Waals surface area contributed by atoms with Crippen LogP contribution in [0.15, 0.2) is 47.1 Å². The Labute approximate surface area is 106 Å². The van der Waals surface area contributed by atoms with Crippen LogP contribution in [0.1, 0.15) is 22.9 Å². The third-order valence-corrected chi connectivity index (χ3v) is 3.71. The molecular formula is C14H17NOS. The summed E-state index contributed by atoms with van der Waals surface area (Å²) in [5.74, 6) is 2.79. The molecule has 0 bridgehead atoms. The molecule has 2 nitrogen and oxygen atoms in total. The van der Waals surface area contributed by atoms with Gasteiger partial charge in [-0.2, -0.15) is 11.8 Å². The van der Waals surface area contributed by atoms with E-state index in [9.17, 15) is 0 Å². The van der Waals surface area contributed by atoms with Crippen molar-refractivity contribution >= 4 is 11.8 Å². The van der Waals surface area contributed by atoms with Gasteiger partial charge in [0.25, 0.3) is 0 Å². The van der Waals surface area contributed by atoms with Gasteiger partial charge in [0, 0.05) is 11.8 Å². The SMILES string of the molecule is Cc1ccc(C(N)CSCc2ccco2)cc1. The van der Waals surface area contributed by atoms with Gasteiger partial charge >= 0.3 is 0 Å². The molecule has 0 aliphatic carbocycles. The summed E-state index contributed by atoms with van der Waals surface area (Å²) in [7, 11) is 0. The molecule has 0 amide bonds. The smallest absolute Gasteiger partial charge is 0.113 e. The molecule has 17 heavy (non-hydrogen) atoms. The average Bonchev–Trinajstić information content (AvgIpc) is 2.83. The lowest BCUT2D eigenvalue weighted by molar-refractivity contribution is 0.530. The van der Waals surface area contributed by atoms with Gasteiger partial charge in [-0.1, -0.05) is 29.8 Å². The zero-order valence-electron chi connectivity index (χ0n) is 9.93. The molecule has 3 heteroatoms. The Morgan fingerprint density at radius 3 is 2.65 bits per heavy atom. The van der Waals surface area contributed by atoms with E-state index in [4.69, 9.17) is 10.2 Å². The molecule has 0 radical (unpaired) electrons. The van der Waals surface area contributed by atoms with Crippen LogP contribution in [-0.4, -0.2) is 5.75 Å². The van der Waals surface area contributed by atoms with Crippen molar-refractivity contribution in [3.63, 3.8) is 0 Å². The van der Waals surface area contributed by atoms with Crippen molar-refractivity contribution in [2.75, 3.05) is 5.75 Å². The first-order valence-corrected chi connectivity index (χ1v) is 6.83. The van der Waals surface area contributed by atoms with Crippen molar-refractivity contribution in [2.45, 2.75) is 18.7 Å². The number of thioether (sulfide) groups is 1. The number of nitrogens with two attached hydrogens (primary N) is 1. The lowest BCUT2D eigenvalue weighted by Crippen LogP contribution is -2.12. The van der Waals surface area contributed by atoms with Gasteiger partial charge in [-0.05, 0) is 24.6 Å². The number of hydrogen-bond donors (Lipinski definition) is 1. The van der Waals surface area contributed by atoms with Crippen LogP contribution in [0.5, 0.6) is 0 Å². The summed E-state index contributed by atoms with van der Waals surface area (Å²) < 4.78 is 5.28. The highest BCUT2D eigenvalue weighted by Crippen LogP contribution is 2.20. The second-order valence-corrected chi connectivity index (χ2v) is 5.14. The van der Waals surface area contributed by atoms with E-state index in [1.165, 1.54) is 11.1 Å². The van der Waals surface area contributed by atoms with Gasteiger partial charge in [-0.3, -0.25) is 0 Å². The van der Waals surface area contributed by atoms with E-state index < -0.39 is 0 Å². The molecule has 0 aliphatic heterocycles. The first-order chi connectivity index (χ1) is 8.25. The van der Waals surface area contributed by atoms with Gasteiger partial charge in [0.15, 0.2) is 0 Å². The third kappa shape index (κ3) is 3.65. The Morgan fingerprint density at radius 2 is 2.00 bits per heavy atom. The van der Waals surface area contributed by atoms with Crippen LogP contribution in [0.2, 0.25) is 0 Å². The molecule has 0 fully saturated rings. The predicted octanol–water partition coefficient (Wildman–Crippen LogP) is 3.52. The summed E-state index contributed by atoms with van der Waals surface area (Å²) in [5.41, 5.74) is 8.60. The maximum absolute atomic E-state index is 6.13. The fourth-order valence-corrected chi connectivity index (χ4v) is 2.52. The third-order valence-electron chi connectivity index (χ3n) is 2.63. The molecule has 0 aliphatic rings. The van der Waals surface area contributed by atoms with Crippen molar-refractivity contribution in [2.24, 2.45) is 5.73 Å². The summed E-state index contributed by atoms with van der Waals surface area (Å²) in [5, 5.41) is 0. The number of aryl methyl sites for hydroxylation is 1. The number of rotatable bonds is 5. The standard InChI is InChI=1S/C14H17NOS/c1-11-4-6-12(7-5-11)14(15)10-17-9-13-3-2-8-16-13/h2-8,14H,9-10,15H2,1H3. The molecule has 1 atom stereocenters. The fourth-order valence-electron chi connectivity index (χ4n) is 1.59. The second-order valence-electron chi connectivity index (χ2n) is 4.11. The molecule has 1 heterocycles. The Hall–Kier alpha value is -1.19. The monoisotopic (exact) mass is 247 g/mol. The van der Waals surface area contributed by atoms with Crippen LogP contribution >= 0.6 is 11.8 Å². The van der Waals surface area contributed by atoms with Gasteiger partial charge in [0.1, 0.15) is 5.76 Å². The van der Waals surface area contributed by atoms with Crippen LogP contribution in [0, 0.1) is 6.92 Å². The van der Waals surface area contributed by atoms with Crippen LogP contribution < -0.4 is 5.73 Å². The van der Waals surface area contributed by atoms with E-state index in [0.29, 0.717) is 0 Å². The van der Waals surface area contributed by atoms with E-state index in [-0.39, 0.29) is 6.04 Å². The molecule has 1 aromatic carbocycles. The minimum atomic E-state index is 0.0931. The van der Waals surface area contributed by atoms with Crippen molar-refractivity contribution in [1.82, 2.24) is 0 Å². The summed E-state index contributed by atoms with van der Waals surface area (Å²) in [4.78, 5) is 0. The highest BCUT2D eigenvalue weighted by Gasteiger charge is 2.06. The first kappa shape index (κ1) is 12.3. The van der Waals surface area contributed by atoms with Crippen molar-refractivity contribution in [3.05, 3.63) is 59.5 Å². The Morgan fingerprint density at radius 1 is 1.24 bits per heavy atom. The van der Waals surface area contributed by atoms with Gasteiger partial charge in [-0.25, -0.2) is 0 Å². The summed E-state index contributed by atoms with van der Waals surface area (Å²) in [6.45, 7) is 2.08. The van der Waals surface area contributed by atoms with Gasteiger partial charge < -0.3 is 10.2 Å². The first-order valence-electron chi connectivity index (χ1n) is 5.68. The molecule has 1 aromatic heterocycles. The molecule has 0 saturated carbocycles. The topological polar surface area (TPSA) is 39.2 Å². The molecule has 1 unspecified atom stereocenters. The van der Waals surface area contributed by atoms with Crippen molar-refractivity contribution in [3.8, 4) is 0 Å². The minimum absolute atomic E-state index is 0.0931. The number of hydrogen-bond acceptors (Lipinski definition) is 3. The van der Waals surface area contributed by atoms with Crippen LogP contribution in [0.25, 0.3) is 0 Å². The van der Waals surface area contributed by atoms with E-state index >= 15 is 0 Å². The quantitative estimate of drug-likeness (QED) is 0.878. The highest BCUT2D eigenvalue weighted by molar-refractivity contribution is 7.98. The zero-order chi connectivity index (χ0) is 12.1. The lowest BCUT2D eigenvalue weighted by Gasteiger charge is -2.11. The Kier molecular flexibility index (Phi) is 4.29. The molecule has 2 rings (SSSR count). The molecule has 2 aromatic rings. The number of furan rings is 1. The van der Waals surface area contributed by atoms with Crippen LogP contribution in [-0.2, 0) is 5.75 Å². The van der Waals surface area contributed by atoms with Gasteiger partial charge in [0.05, 0.1) is 12.0 Å². The van der Waals surface area contributed by atoms with Crippen LogP contribution in [0.4, 0.5) is 0 Å². The van der Waals surface area contributed by atoms with E-state index in [1.54, 1.807) is 18.0 Å². The van der Waals surface area contributed by atoms with Crippen LogP contribution in [0.3, 0.4) is 0 Å². The predicted molar refractivity (Wildman–Crippen MR) is 73.0 cm³/mol. The molecule has 90 valence electrons. The fraction of sp³-hybridized carbons (Fsp3) is 0.286. The lowest BCUT2D eigenvalue weighted by atomic mass is 10.1. The van der Waals surface area contributed by atoms with E-state index in [2.05, 4.69) is 31.2 Å². The highest BCUT2D eigenvalue weighted by atomic mass is 32.2. The van der Waals surface area contributed by atoms with Gasteiger partial charge in [-0.15, -0.1) is 0 Å². The van der Waals surface area contributed by atoms with E-state index in [0.717, 1.165) is 17.3 Å². The maximum Gasteiger partial charge on any atom is 0.113 e. The van der Waals surface area contributed by atoms with E-state index in [1.807, 2.05) is 12.1 Å². The summed E-state index contributed by atoms with van der Waals surface area (Å²) in [6, 6.07) is 12.4. The zero-order valence-corrected chi connectivity index (χ0v) is 10.7.